The van der Waals surface area contributed by atoms with Crippen LogP contribution in [0.1, 0.15) is 35.2 Å². The van der Waals surface area contributed by atoms with Gasteiger partial charge in [-0.3, -0.25) is 4.79 Å². The molecule has 3 nitrogen and oxygen atoms in total. The Labute approximate surface area is 183 Å². The predicted molar refractivity (Wildman–Crippen MR) is 119 cm³/mol. The lowest BCUT2D eigenvalue weighted by molar-refractivity contribution is 0.0807. The molecule has 2 aliphatic heterocycles. The third-order valence-corrected chi connectivity index (χ3v) is 7.87. The number of likely N-dealkylation sites (tertiary alicyclic amines) is 1. The summed E-state index contributed by atoms with van der Waals surface area (Å²) in [6.07, 6.45) is 3.66. The molecule has 148 valence electrons. The number of benzene rings is 2. The molecular weight excluding hydrogens is 458 g/mol. The Hall–Kier alpha value is -1.01. The summed E-state index contributed by atoms with van der Waals surface area (Å²) in [6, 6.07) is 11.6. The van der Waals surface area contributed by atoms with Crippen LogP contribution in [0.3, 0.4) is 0 Å². The average Bonchev–Trinajstić information content (AvgIpc) is 2.69. The molecule has 2 heterocycles. The van der Waals surface area contributed by atoms with E-state index in [9.17, 15) is 4.79 Å². The number of Topliss-reactive ketones (excluding diaryl/α,β-unsaturated/α-hetero) is 1. The second-order valence-corrected chi connectivity index (χ2v) is 10.4. The fourth-order valence-corrected chi connectivity index (χ4v) is 5.65. The average molecular weight is 481 g/mol. The molecule has 1 fully saturated rings. The van der Waals surface area contributed by atoms with E-state index < -0.39 is 4.75 Å². The topological polar surface area (TPSA) is 29.5 Å². The molecule has 1 saturated heterocycles. The highest BCUT2D eigenvalue weighted by atomic mass is 79.9. The highest BCUT2D eigenvalue weighted by molar-refractivity contribution is 9.10. The quantitative estimate of drug-likeness (QED) is 0.536. The number of aryl methyl sites for hydroxylation is 1. The van der Waals surface area contributed by atoms with E-state index in [0.29, 0.717) is 29.5 Å². The van der Waals surface area contributed by atoms with Crippen LogP contribution in [0.5, 0.6) is 5.75 Å². The van der Waals surface area contributed by atoms with E-state index in [1.165, 1.54) is 19.3 Å². The maximum atomic E-state index is 13.8. The summed E-state index contributed by atoms with van der Waals surface area (Å²) in [7, 11) is 0. The molecule has 0 amide bonds. The van der Waals surface area contributed by atoms with Crippen molar-refractivity contribution in [2.24, 2.45) is 0 Å². The largest absolute Gasteiger partial charge is 0.491 e. The number of hydrogen-bond donors (Lipinski definition) is 0. The summed E-state index contributed by atoms with van der Waals surface area (Å²) >= 11 is 11.2. The SMILES string of the molecule is Cc1cc2c(cc1Br)C(=O)[C@](CN1CCCCC1)(Sc1ccc(Cl)cc1)CO2. The van der Waals surface area contributed by atoms with E-state index in [0.717, 1.165) is 28.0 Å². The van der Waals surface area contributed by atoms with Crippen LogP contribution in [0, 0.1) is 6.92 Å². The number of halogens is 2. The molecule has 0 unspecified atom stereocenters. The molecule has 28 heavy (non-hydrogen) atoms. The smallest absolute Gasteiger partial charge is 0.187 e. The van der Waals surface area contributed by atoms with Gasteiger partial charge in [0.05, 0.1) is 5.56 Å². The van der Waals surface area contributed by atoms with Crippen LogP contribution in [-0.4, -0.2) is 41.7 Å². The highest BCUT2D eigenvalue weighted by Gasteiger charge is 2.46. The van der Waals surface area contributed by atoms with Gasteiger partial charge < -0.3 is 9.64 Å². The van der Waals surface area contributed by atoms with Gasteiger partial charge in [-0.1, -0.05) is 34.0 Å². The normalized spacial score (nSPS) is 22.6. The number of rotatable bonds is 4. The van der Waals surface area contributed by atoms with Gasteiger partial charge in [0.25, 0.3) is 0 Å². The van der Waals surface area contributed by atoms with Crippen LogP contribution in [0.15, 0.2) is 45.8 Å². The Bertz CT molecular complexity index is 883. The first kappa shape index (κ1) is 20.3. The number of fused-ring (bicyclic) bond motifs is 1. The van der Waals surface area contributed by atoms with Crippen molar-refractivity contribution < 1.29 is 9.53 Å². The second kappa shape index (κ2) is 8.39. The maximum absolute atomic E-state index is 13.8. The van der Waals surface area contributed by atoms with Crippen molar-refractivity contribution in [1.29, 1.82) is 0 Å². The monoisotopic (exact) mass is 479 g/mol. The van der Waals surface area contributed by atoms with E-state index in [1.54, 1.807) is 11.8 Å². The summed E-state index contributed by atoms with van der Waals surface area (Å²) in [5.74, 6) is 0.844. The third-order valence-electron chi connectivity index (χ3n) is 5.43. The Kier molecular flexibility index (Phi) is 6.07. The van der Waals surface area contributed by atoms with Gasteiger partial charge >= 0.3 is 0 Å². The van der Waals surface area contributed by atoms with Crippen molar-refractivity contribution in [3.8, 4) is 5.75 Å². The van der Waals surface area contributed by atoms with Gasteiger partial charge in [-0.15, -0.1) is 11.8 Å². The summed E-state index contributed by atoms with van der Waals surface area (Å²) in [5, 5.41) is 0.699. The molecule has 0 saturated carbocycles. The zero-order valence-corrected chi connectivity index (χ0v) is 19.0. The molecule has 0 spiro atoms. The number of ketones is 1. The Morgan fingerprint density at radius 1 is 1.18 bits per heavy atom. The lowest BCUT2D eigenvalue weighted by atomic mass is 9.92. The minimum absolute atomic E-state index is 0.153. The van der Waals surface area contributed by atoms with Crippen LogP contribution in [-0.2, 0) is 0 Å². The van der Waals surface area contributed by atoms with Gasteiger partial charge in [0.2, 0.25) is 0 Å². The summed E-state index contributed by atoms with van der Waals surface area (Å²) in [5.41, 5.74) is 1.74. The van der Waals surface area contributed by atoms with Gasteiger partial charge in [-0.05, 0) is 74.8 Å². The van der Waals surface area contributed by atoms with Gasteiger partial charge in [0.1, 0.15) is 17.1 Å². The Balaban J connectivity index is 1.70. The molecule has 6 heteroatoms. The van der Waals surface area contributed by atoms with E-state index in [-0.39, 0.29) is 5.78 Å². The molecule has 1 atom stereocenters. The van der Waals surface area contributed by atoms with Gasteiger partial charge in [0.15, 0.2) is 5.78 Å². The van der Waals surface area contributed by atoms with Crippen LogP contribution < -0.4 is 4.74 Å². The second-order valence-electron chi connectivity index (χ2n) is 7.60. The third kappa shape index (κ3) is 4.13. The zero-order chi connectivity index (χ0) is 19.7. The van der Waals surface area contributed by atoms with Crippen LogP contribution >= 0.6 is 39.3 Å². The van der Waals surface area contributed by atoms with Crippen LogP contribution in [0.4, 0.5) is 0 Å². The van der Waals surface area contributed by atoms with Crippen molar-refractivity contribution in [3.05, 3.63) is 57.0 Å². The maximum Gasteiger partial charge on any atom is 0.187 e. The lowest BCUT2D eigenvalue weighted by Gasteiger charge is -2.40. The van der Waals surface area contributed by atoms with E-state index in [2.05, 4.69) is 20.8 Å². The molecule has 0 N–H and O–H groups in total. The van der Waals surface area contributed by atoms with Crippen LogP contribution in [0.25, 0.3) is 0 Å². The van der Waals surface area contributed by atoms with Crippen molar-refractivity contribution in [2.75, 3.05) is 26.2 Å². The fraction of sp³-hybridized carbons (Fsp3) is 0.409. The molecule has 2 aromatic rings. The number of nitrogens with zero attached hydrogens (tertiary/aromatic N) is 1. The number of hydrogen-bond acceptors (Lipinski definition) is 4. The predicted octanol–water partition coefficient (Wildman–Crippen LogP) is 6.00. The number of carbonyl (C=O) groups excluding carboxylic acids is 1. The van der Waals surface area contributed by atoms with E-state index in [1.807, 2.05) is 43.3 Å². The Morgan fingerprint density at radius 3 is 2.61 bits per heavy atom. The summed E-state index contributed by atoms with van der Waals surface area (Å²) in [6.45, 7) is 5.17. The first-order valence-electron chi connectivity index (χ1n) is 9.61. The van der Waals surface area contributed by atoms with Crippen LogP contribution in [0.2, 0.25) is 5.02 Å². The number of ether oxygens (including phenoxy) is 1. The lowest BCUT2D eigenvalue weighted by Crippen LogP contribution is -2.53. The first-order chi connectivity index (χ1) is 13.5. The van der Waals surface area contributed by atoms with E-state index >= 15 is 0 Å². The minimum Gasteiger partial charge on any atom is -0.491 e. The van der Waals surface area contributed by atoms with Gasteiger partial charge in [0, 0.05) is 20.9 Å². The number of piperidine rings is 1. The molecule has 4 rings (SSSR count). The first-order valence-corrected chi connectivity index (χ1v) is 11.6. The number of thioether (sulfide) groups is 1. The zero-order valence-electron chi connectivity index (χ0n) is 15.8. The highest BCUT2D eigenvalue weighted by Crippen LogP contribution is 2.43. The van der Waals surface area contributed by atoms with Gasteiger partial charge in [-0.25, -0.2) is 0 Å². The molecule has 0 radical (unpaired) electrons. The Morgan fingerprint density at radius 2 is 1.89 bits per heavy atom. The van der Waals surface area contributed by atoms with Crippen molar-refractivity contribution >= 4 is 45.1 Å². The molecule has 0 bridgehead atoms. The summed E-state index contributed by atoms with van der Waals surface area (Å²) in [4.78, 5) is 17.2. The fourth-order valence-electron chi connectivity index (χ4n) is 3.89. The van der Waals surface area contributed by atoms with Crippen molar-refractivity contribution in [1.82, 2.24) is 4.90 Å². The standard InChI is InChI=1S/C22H23BrClNO2S/c1-15-11-20-18(12-19(15)23)21(26)22(14-27-20,13-25-9-3-2-4-10-25)28-17-7-5-16(24)6-8-17/h5-8,11-12H,2-4,9-10,13-14H2,1H3/t22-/m1/s1. The minimum atomic E-state index is -0.660. The molecule has 2 aliphatic rings. The molecule has 2 aromatic carbocycles. The molecular formula is C22H23BrClNO2S. The number of carbonyl (C=O) groups is 1. The molecule has 0 aromatic heterocycles. The molecule has 0 aliphatic carbocycles. The van der Waals surface area contributed by atoms with Crippen molar-refractivity contribution in [3.63, 3.8) is 0 Å². The van der Waals surface area contributed by atoms with Gasteiger partial charge in [-0.2, -0.15) is 0 Å². The summed E-state index contributed by atoms with van der Waals surface area (Å²) < 4.78 is 6.45. The van der Waals surface area contributed by atoms with Crippen molar-refractivity contribution in [2.45, 2.75) is 35.8 Å². The van der Waals surface area contributed by atoms with E-state index in [4.69, 9.17) is 16.3 Å².